The van der Waals surface area contributed by atoms with Gasteiger partial charge in [0.2, 0.25) is 0 Å². The SMILES string of the molecule is OC1CCN(c2cc(Br)cc(F)c2F)CC1. The fourth-order valence-electron chi connectivity index (χ4n) is 1.88. The molecule has 1 aromatic carbocycles. The summed E-state index contributed by atoms with van der Waals surface area (Å²) >= 11 is 3.14. The van der Waals surface area contributed by atoms with Crippen LogP contribution in [0.2, 0.25) is 0 Å². The predicted octanol–water partition coefficient (Wildman–Crippen LogP) is 2.69. The average Bonchev–Trinajstić information content (AvgIpc) is 2.25. The summed E-state index contributed by atoms with van der Waals surface area (Å²) < 4.78 is 27.3. The second kappa shape index (κ2) is 4.67. The van der Waals surface area contributed by atoms with Gasteiger partial charge in [0.25, 0.3) is 0 Å². The molecule has 0 spiro atoms. The van der Waals surface area contributed by atoms with Crippen molar-refractivity contribution < 1.29 is 13.9 Å². The van der Waals surface area contributed by atoms with Gasteiger partial charge in [0.15, 0.2) is 11.6 Å². The fourth-order valence-corrected chi connectivity index (χ4v) is 2.30. The van der Waals surface area contributed by atoms with Gasteiger partial charge >= 0.3 is 0 Å². The van der Waals surface area contributed by atoms with Crippen LogP contribution in [0.5, 0.6) is 0 Å². The van der Waals surface area contributed by atoms with Crippen molar-refractivity contribution in [2.45, 2.75) is 18.9 Å². The maximum atomic E-state index is 13.6. The minimum Gasteiger partial charge on any atom is -0.393 e. The number of hydrogen-bond acceptors (Lipinski definition) is 2. The molecule has 0 radical (unpaired) electrons. The predicted molar refractivity (Wildman–Crippen MR) is 61.5 cm³/mol. The number of aliphatic hydroxyl groups excluding tert-OH is 1. The van der Waals surface area contributed by atoms with Gasteiger partial charge in [-0.05, 0) is 25.0 Å². The molecular formula is C11H12BrF2NO. The summed E-state index contributed by atoms with van der Waals surface area (Å²) in [6.45, 7) is 1.10. The highest BCUT2D eigenvalue weighted by Gasteiger charge is 2.21. The van der Waals surface area contributed by atoms with E-state index >= 15 is 0 Å². The molecule has 0 unspecified atom stereocenters. The highest BCUT2D eigenvalue weighted by Crippen LogP contribution is 2.28. The summed E-state index contributed by atoms with van der Waals surface area (Å²) in [4.78, 5) is 1.76. The van der Waals surface area contributed by atoms with Crippen molar-refractivity contribution in [3.63, 3.8) is 0 Å². The lowest BCUT2D eigenvalue weighted by Gasteiger charge is -2.31. The van der Waals surface area contributed by atoms with Crippen LogP contribution < -0.4 is 4.90 Å². The van der Waals surface area contributed by atoms with Crippen LogP contribution in [0, 0.1) is 11.6 Å². The fraction of sp³-hybridized carbons (Fsp3) is 0.455. The Kier molecular flexibility index (Phi) is 3.44. The third kappa shape index (κ3) is 2.35. The van der Waals surface area contributed by atoms with E-state index in [0.29, 0.717) is 30.4 Å². The summed E-state index contributed by atoms with van der Waals surface area (Å²) in [6.07, 6.45) is 0.859. The molecule has 0 saturated carbocycles. The molecule has 2 nitrogen and oxygen atoms in total. The van der Waals surface area contributed by atoms with Gasteiger partial charge in [-0.1, -0.05) is 15.9 Å². The van der Waals surface area contributed by atoms with Gasteiger partial charge in [-0.2, -0.15) is 0 Å². The van der Waals surface area contributed by atoms with Crippen LogP contribution in [-0.2, 0) is 0 Å². The first-order valence-electron chi connectivity index (χ1n) is 5.15. The third-order valence-electron chi connectivity index (χ3n) is 2.78. The van der Waals surface area contributed by atoms with E-state index < -0.39 is 11.6 Å². The molecule has 0 bridgehead atoms. The van der Waals surface area contributed by atoms with E-state index in [9.17, 15) is 13.9 Å². The van der Waals surface area contributed by atoms with Crippen LogP contribution in [0.4, 0.5) is 14.5 Å². The van der Waals surface area contributed by atoms with Crippen molar-refractivity contribution in [1.82, 2.24) is 0 Å². The van der Waals surface area contributed by atoms with Crippen LogP contribution in [0.1, 0.15) is 12.8 Å². The molecule has 1 heterocycles. The zero-order valence-electron chi connectivity index (χ0n) is 8.59. The molecule has 1 aliphatic heterocycles. The largest absolute Gasteiger partial charge is 0.393 e. The topological polar surface area (TPSA) is 23.5 Å². The van der Waals surface area contributed by atoms with E-state index in [1.165, 1.54) is 0 Å². The number of piperidine rings is 1. The Morgan fingerprint density at radius 3 is 2.50 bits per heavy atom. The van der Waals surface area contributed by atoms with Crippen LogP contribution in [-0.4, -0.2) is 24.3 Å². The Morgan fingerprint density at radius 2 is 1.88 bits per heavy atom. The normalized spacial score (nSPS) is 17.9. The first-order valence-corrected chi connectivity index (χ1v) is 5.95. The van der Waals surface area contributed by atoms with E-state index in [0.717, 1.165) is 6.07 Å². The molecule has 16 heavy (non-hydrogen) atoms. The number of rotatable bonds is 1. The quantitative estimate of drug-likeness (QED) is 0.804. The van der Waals surface area contributed by atoms with Crippen molar-refractivity contribution in [2.24, 2.45) is 0 Å². The number of halogens is 3. The van der Waals surface area contributed by atoms with Gasteiger partial charge < -0.3 is 10.0 Å². The van der Waals surface area contributed by atoms with E-state index in [-0.39, 0.29) is 11.8 Å². The van der Waals surface area contributed by atoms with E-state index in [1.807, 2.05) is 0 Å². The molecular weight excluding hydrogens is 280 g/mol. The second-order valence-corrected chi connectivity index (χ2v) is 4.85. The number of anilines is 1. The van der Waals surface area contributed by atoms with Crippen LogP contribution >= 0.6 is 15.9 Å². The molecule has 0 aromatic heterocycles. The molecule has 1 aromatic rings. The number of nitrogens with zero attached hydrogens (tertiary/aromatic N) is 1. The molecule has 1 saturated heterocycles. The Hall–Kier alpha value is -0.680. The van der Waals surface area contributed by atoms with Crippen molar-refractivity contribution >= 4 is 21.6 Å². The average molecular weight is 292 g/mol. The van der Waals surface area contributed by atoms with Gasteiger partial charge in [0.1, 0.15) is 0 Å². The zero-order valence-corrected chi connectivity index (χ0v) is 10.2. The number of benzene rings is 1. The number of hydrogen-bond donors (Lipinski definition) is 1. The first kappa shape index (κ1) is 11.8. The Balaban J connectivity index is 2.26. The van der Waals surface area contributed by atoms with Crippen molar-refractivity contribution in [1.29, 1.82) is 0 Å². The minimum absolute atomic E-state index is 0.263. The summed E-state index contributed by atoms with van der Waals surface area (Å²) in [7, 11) is 0. The van der Waals surface area contributed by atoms with Crippen LogP contribution in [0.15, 0.2) is 16.6 Å². The maximum absolute atomic E-state index is 13.6. The molecule has 1 aliphatic rings. The van der Waals surface area contributed by atoms with Crippen molar-refractivity contribution in [3.8, 4) is 0 Å². The lowest BCUT2D eigenvalue weighted by Crippen LogP contribution is -2.36. The van der Waals surface area contributed by atoms with E-state index in [4.69, 9.17) is 0 Å². The lowest BCUT2D eigenvalue weighted by atomic mass is 10.1. The van der Waals surface area contributed by atoms with Crippen molar-refractivity contribution in [2.75, 3.05) is 18.0 Å². The summed E-state index contributed by atoms with van der Waals surface area (Å²) in [5.74, 6) is -1.67. The Morgan fingerprint density at radius 1 is 1.25 bits per heavy atom. The van der Waals surface area contributed by atoms with Gasteiger partial charge in [0, 0.05) is 17.6 Å². The smallest absolute Gasteiger partial charge is 0.182 e. The number of aliphatic hydroxyl groups is 1. The maximum Gasteiger partial charge on any atom is 0.182 e. The molecule has 1 N–H and O–H groups in total. The monoisotopic (exact) mass is 291 g/mol. The summed E-state index contributed by atoms with van der Waals surface area (Å²) in [5.41, 5.74) is 0.263. The zero-order chi connectivity index (χ0) is 11.7. The standard InChI is InChI=1S/C11H12BrF2NO/c12-7-5-9(13)11(14)10(6-7)15-3-1-8(16)2-4-15/h5-6,8,16H,1-4H2. The van der Waals surface area contributed by atoms with E-state index in [1.54, 1.807) is 11.0 Å². The molecule has 5 heteroatoms. The molecule has 0 amide bonds. The molecule has 2 rings (SSSR count). The Labute approximate surface area is 101 Å². The van der Waals surface area contributed by atoms with E-state index in [2.05, 4.69) is 15.9 Å². The second-order valence-electron chi connectivity index (χ2n) is 3.94. The van der Waals surface area contributed by atoms with Gasteiger partial charge in [0.05, 0.1) is 11.8 Å². The highest BCUT2D eigenvalue weighted by molar-refractivity contribution is 9.10. The third-order valence-corrected chi connectivity index (χ3v) is 3.24. The highest BCUT2D eigenvalue weighted by atomic mass is 79.9. The Bertz CT molecular complexity index is 392. The molecule has 88 valence electrons. The van der Waals surface area contributed by atoms with Gasteiger partial charge in [-0.25, -0.2) is 8.78 Å². The molecule has 0 atom stereocenters. The molecule has 1 fully saturated rings. The van der Waals surface area contributed by atoms with Crippen LogP contribution in [0.25, 0.3) is 0 Å². The summed E-state index contributed by atoms with van der Waals surface area (Å²) in [6, 6.07) is 2.67. The van der Waals surface area contributed by atoms with Crippen LogP contribution in [0.3, 0.4) is 0 Å². The van der Waals surface area contributed by atoms with Crippen molar-refractivity contribution in [3.05, 3.63) is 28.2 Å². The minimum atomic E-state index is -0.851. The summed E-state index contributed by atoms with van der Waals surface area (Å²) in [5, 5.41) is 9.35. The lowest BCUT2D eigenvalue weighted by molar-refractivity contribution is 0.145. The molecule has 0 aliphatic carbocycles. The first-order chi connectivity index (χ1) is 7.58. The van der Waals surface area contributed by atoms with Gasteiger partial charge in [-0.3, -0.25) is 0 Å². The van der Waals surface area contributed by atoms with Gasteiger partial charge in [-0.15, -0.1) is 0 Å².